The molecule has 4 heterocycles. The molecule has 1 saturated heterocycles. The molecule has 4 aromatic rings. The molecule has 6 heteroatoms. The third-order valence-electron chi connectivity index (χ3n) is 6.44. The summed E-state index contributed by atoms with van der Waals surface area (Å²) >= 11 is 0. The summed E-state index contributed by atoms with van der Waals surface area (Å²) in [5.74, 6) is 0.899. The number of carbonyl (C=O) groups excluding carboxylic acids is 1. The third-order valence-corrected chi connectivity index (χ3v) is 6.44. The van der Waals surface area contributed by atoms with E-state index in [4.69, 9.17) is 4.98 Å². The molecule has 162 valence electrons. The number of hydrogen-bond acceptors (Lipinski definition) is 4. The number of pyridine rings is 2. The van der Waals surface area contributed by atoms with E-state index in [9.17, 15) is 4.79 Å². The topological polar surface area (TPSA) is 63.9 Å². The molecule has 0 N–H and O–H groups in total. The molecule has 5 rings (SSSR count). The molecule has 0 aliphatic carbocycles. The molecule has 32 heavy (non-hydrogen) atoms. The van der Waals surface area contributed by atoms with E-state index >= 15 is 0 Å². The fraction of sp³-hybridized carbons (Fsp3) is 0.308. The highest BCUT2D eigenvalue weighted by Gasteiger charge is 2.31. The fourth-order valence-corrected chi connectivity index (χ4v) is 4.54. The zero-order chi connectivity index (χ0) is 22.2. The van der Waals surface area contributed by atoms with Crippen molar-refractivity contribution in [3.63, 3.8) is 0 Å². The second-order valence-electron chi connectivity index (χ2n) is 8.63. The first kappa shape index (κ1) is 20.4. The van der Waals surface area contributed by atoms with Gasteiger partial charge in [-0.1, -0.05) is 24.3 Å². The molecule has 1 aliphatic rings. The van der Waals surface area contributed by atoms with Crippen LogP contribution in [0.1, 0.15) is 47.0 Å². The Morgan fingerprint density at radius 2 is 1.94 bits per heavy atom. The number of aromatic nitrogens is 4. The predicted octanol–water partition coefficient (Wildman–Crippen LogP) is 4.65. The van der Waals surface area contributed by atoms with Gasteiger partial charge in [-0.15, -0.1) is 0 Å². The van der Waals surface area contributed by atoms with Gasteiger partial charge in [-0.25, -0.2) is 9.97 Å². The summed E-state index contributed by atoms with van der Waals surface area (Å²) in [4.78, 5) is 24.6. The number of hydrogen-bond donors (Lipinski definition) is 0. The summed E-state index contributed by atoms with van der Waals surface area (Å²) in [5, 5.41) is 5.67. The van der Waals surface area contributed by atoms with Gasteiger partial charge in [0.2, 0.25) is 5.91 Å². The van der Waals surface area contributed by atoms with Gasteiger partial charge in [-0.05, 0) is 74.6 Å². The van der Waals surface area contributed by atoms with E-state index in [1.807, 2.05) is 36.1 Å². The van der Waals surface area contributed by atoms with Gasteiger partial charge in [-0.3, -0.25) is 4.79 Å². The lowest BCUT2D eigenvalue weighted by Crippen LogP contribution is -2.32. The average Bonchev–Trinajstić information content (AvgIpc) is 3.42. The van der Waals surface area contributed by atoms with Crippen molar-refractivity contribution in [2.75, 3.05) is 6.54 Å². The van der Waals surface area contributed by atoms with Gasteiger partial charge in [-0.2, -0.15) is 9.78 Å². The monoisotopic (exact) mass is 425 g/mol. The second kappa shape index (κ2) is 8.19. The van der Waals surface area contributed by atoms with Crippen LogP contribution in [0.25, 0.3) is 16.9 Å². The number of likely N-dealkylation sites (tertiary alicyclic amines) is 1. The minimum atomic E-state index is -0.00849. The molecule has 1 atom stereocenters. The molecular weight excluding hydrogens is 398 g/mol. The molecule has 0 spiro atoms. The molecule has 1 fully saturated rings. The number of aryl methyl sites for hydroxylation is 3. The van der Waals surface area contributed by atoms with Crippen molar-refractivity contribution in [3.05, 3.63) is 82.8 Å². The van der Waals surface area contributed by atoms with Crippen LogP contribution in [0.15, 0.2) is 54.7 Å². The molecule has 0 unspecified atom stereocenters. The Bertz CT molecular complexity index is 1290. The van der Waals surface area contributed by atoms with Crippen LogP contribution in [0.4, 0.5) is 0 Å². The first-order chi connectivity index (χ1) is 15.5. The summed E-state index contributed by atoms with van der Waals surface area (Å²) in [6.07, 6.45) is 4.09. The van der Waals surface area contributed by atoms with Crippen molar-refractivity contribution in [1.29, 1.82) is 0 Å². The lowest BCUT2D eigenvalue weighted by Gasteiger charge is -2.24. The van der Waals surface area contributed by atoms with Crippen LogP contribution in [0.3, 0.4) is 0 Å². The maximum Gasteiger partial charge on any atom is 0.227 e. The number of rotatable bonds is 4. The van der Waals surface area contributed by atoms with E-state index in [1.165, 1.54) is 11.1 Å². The van der Waals surface area contributed by atoms with Gasteiger partial charge in [0.25, 0.3) is 0 Å². The van der Waals surface area contributed by atoms with Crippen LogP contribution in [0.2, 0.25) is 0 Å². The smallest absolute Gasteiger partial charge is 0.227 e. The number of fused-ring (bicyclic) bond motifs is 1. The Hall–Kier alpha value is -3.54. The molecule has 1 amide bonds. The minimum Gasteiger partial charge on any atom is -0.334 e. The lowest BCUT2D eigenvalue weighted by molar-refractivity contribution is -0.131. The molecule has 1 aromatic carbocycles. The summed E-state index contributed by atoms with van der Waals surface area (Å²) in [6.45, 7) is 6.94. The highest BCUT2D eigenvalue weighted by molar-refractivity contribution is 5.81. The third kappa shape index (κ3) is 3.66. The first-order valence-electron chi connectivity index (χ1n) is 11.1. The summed E-state index contributed by atoms with van der Waals surface area (Å²) in [7, 11) is 0. The van der Waals surface area contributed by atoms with Gasteiger partial charge in [0.1, 0.15) is 0 Å². The molecule has 6 nitrogen and oxygen atoms in total. The average molecular weight is 426 g/mol. The van der Waals surface area contributed by atoms with Crippen LogP contribution in [0, 0.1) is 20.8 Å². The Morgan fingerprint density at radius 1 is 1.06 bits per heavy atom. The van der Waals surface area contributed by atoms with Gasteiger partial charge >= 0.3 is 0 Å². The van der Waals surface area contributed by atoms with Gasteiger partial charge in [0.05, 0.1) is 23.9 Å². The molecule has 0 bridgehead atoms. The van der Waals surface area contributed by atoms with Crippen molar-refractivity contribution in [2.24, 2.45) is 0 Å². The SMILES string of the molecule is Cc1ccc(CC(=O)N2CCC[C@H]2c2ccc3c(C)nn(-c4ccccn4)c3n2)cc1C. The maximum absolute atomic E-state index is 13.2. The standard InChI is InChI=1S/C26H27N5O/c1-17-9-10-20(15-18(17)2)16-25(32)30-14-6-7-23(30)22-12-11-21-19(3)29-31(26(21)28-22)24-8-4-5-13-27-24/h4-5,8-13,15,23H,6-7,14,16H2,1-3H3/t23-/m0/s1. The summed E-state index contributed by atoms with van der Waals surface area (Å²) in [6, 6.07) is 16.1. The summed E-state index contributed by atoms with van der Waals surface area (Å²) in [5.41, 5.74) is 6.15. The van der Waals surface area contributed by atoms with Crippen LogP contribution >= 0.6 is 0 Å². The van der Waals surface area contributed by atoms with Crippen LogP contribution in [-0.2, 0) is 11.2 Å². The van der Waals surface area contributed by atoms with E-state index < -0.39 is 0 Å². The highest BCUT2D eigenvalue weighted by Crippen LogP contribution is 2.33. The zero-order valence-electron chi connectivity index (χ0n) is 18.7. The van der Waals surface area contributed by atoms with Crippen molar-refractivity contribution < 1.29 is 4.79 Å². The van der Waals surface area contributed by atoms with Gasteiger partial charge in [0.15, 0.2) is 11.5 Å². The van der Waals surface area contributed by atoms with Crippen LogP contribution in [0.5, 0.6) is 0 Å². The second-order valence-corrected chi connectivity index (χ2v) is 8.63. The van der Waals surface area contributed by atoms with E-state index in [1.54, 1.807) is 10.9 Å². The molecule has 3 aromatic heterocycles. The van der Waals surface area contributed by atoms with Crippen LogP contribution in [-0.4, -0.2) is 37.1 Å². The molecule has 0 saturated carbocycles. The predicted molar refractivity (Wildman–Crippen MR) is 125 cm³/mol. The minimum absolute atomic E-state index is 0.00849. The Morgan fingerprint density at radius 3 is 2.72 bits per heavy atom. The quantitative estimate of drug-likeness (QED) is 0.478. The maximum atomic E-state index is 13.2. The van der Waals surface area contributed by atoms with E-state index in [0.29, 0.717) is 6.42 Å². The molecule has 0 radical (unpaired) electrons. The largest absolute Gasteiger partial charge is 0.334 e. The number of amides is 1. The fourth-order valence-electron chi connectivity index (χ4n) is 4.54. The van der Waals surface area contributed by atoms with Crippen molar-refractivity contribution in [1.82, 2.24) is 24.6 Å². The van der Waals surface area contributed by atoms with E-state index in [2.05, 4.69) is 48.2 Å². The first-order valence-corrected chi connectivity index (χ1v) is 11.1. The van der Waals surface area contributed by atoms with Crippen LogP contribution < -0.4 is 0 Å². The van der Waals surface area contributed by atoms with E-state index in [-0.39, 0.29) is 11.9 Å². The van der Waals surface area contributed by atoms with Gasteiger partial charge in [0, 0.05) is 18.1 Å². The van der Waals surface area contributed by atoms with Crippen molar-refractivity contribution in [2.45, 2.75) is 46.1 Å². The highest BCUT2D eigenvalue weighted by atomic mass is 16.2. The number of benzene rings is 1. The normalized spacial score (nSPS) is 16.1. The van der Waals surface area contributed by atoms with Crippen molar-refractivity contribution >= 4 is 16.9 Å². The summed E-state index contributed by atoms with van der Waals surface area (Å²) < 4.78 is 1.80. The Labute approximate surface area is 187 Å². The van der Waals surface area contributed by atoms with E-state index in [0.717, 1.165) is 53.2 Å². The zero-order valence-corrected chi connectivity index (χ0v) is 18.7. The Balaban J connectivity index is 1.46. The Kier molecular flexibility index (Phi) is 5.21. The number of carbonyl (C=O) groups is 1. The molecular formula is C26H27N5O. The number of nitrogens with zero attached hydrogens (tertiary/aromatic N) is 5. The van der Waals surface area contributed by atoms with Crippen molar-refractivity contribution in [3.8, 4) is 5.82 Å². The van der Waals surface area contributed by atoms with Gasteiger partial charge < -0.3 is 4.90 Å². The lowest BCUT2D eigenvalue weighted by atomic mass is 10.0. The molecule has 1 aliphatic heterocycles.